The Labute approximate surface area is 105 Å². The maximum absolute atomic E-state index is 11.5. The molecule has 2 rings (SSSR count). The molecule has 0 aliphatic rings. The van der Waals surface area contributed by atoms with Crippen molar-refractivity contribution in [1.82, 2.24) is 5.32 Å². The van der Waals surface area contributed by atoms with Gasteiger partial charge in [-0.1, -0.05) is 0 Å². The van der Waals surface area contributed by atoms with Crippen molar-refractivity contribution in [2.24, 2.45) is 0 Å². The fraction of sp³-hybridized carbons (Fsp3) is 0.154. The van der Waals surface area contributed by atoms with E-state index in [2.05, 4.69) is 5.32 Å². The molecule has 0 atom stereocenters. The van der Waals surface area contributed by atoms with Crippen LogP contribution in [-0.4, -0.2) is 12.5 Å². The van der Waals surface area contributed by atoms with Crippen molar-refractivity contribution in [1.29, 1.82) is 0 Å². The van der Waals surface area contributed by atoms with Gasteiger partial charge in [0, 0.05) is 5.69 Å². The highest BCUT2D eigenvalue weighted by Crippen LogP contribution is 2.12. The van der Waals surface area contributed by atoms with Gasteiger partial charge in [-0.15, -0.1) is 0 Å². The van der Waals surface area contributed by atoms with Crippen molar-refractivity contribution in [2.75, 3.05) is 12.3 Å². The average Bonchev–Trinajstić information content (AvgIpc) is 2.89. The number of hydrogen-bond acceptors (Lipinski definition) is 4. The smallest absolute Gasteiger partial charge is 0.258 e. The number of anilines is 1. The Morgan fingerprint density at radius 2 is 2.06 bits per heavy atom. The number of furan rings is 1. The van der Waals surface area contributed by atoms with Gasteiger partial charge < -0.3 is 20.2 Å². The summed E-state index contributed by atoms with van der Waals surface area (Å²) in [6.07, 6.45) is 1.56. The topological polar surface area (TPSA) is 77.5 Å². The SMILES string of the molecule is Nc1ccc(OCC(=O)NCc2ccco2)cc1. The third-order valence-electron chi connectivity index (χ3n) is 2.29. The molecule has 0 saturated carbocycles. The lowest BCUT2D eigenvalue weighted by Crippen LogP contribution is -2.28. The molecular weight excluding hydrogens is 232 g/mol. The quantitative estimate of drug-likeness (QED) is 0.785. The molecule has 5 heteroatoms. The highest BCUT2D eigenvalue weighted by molar-refractivity contribution is 5.77. The van der Waals surface area contributed by atoms with E-state index in [1.165, 1.54) is 0 Å². The van der Waals surface area contributed by atoms with Crippen LogP contribution >= 0.6 is 0 Å². The summed E-state index contributed by atoms with van der Waals surface area (Å²) in [5.41, 5.74) is 6.20. The lowest BCUT2D eigenvalue weighted by atomic mass is 10.3. The Balaban J connectivity index is 1.73. The van der Waals surface area contributed by atoms with Crippen LogP contribution in [0.15, 0.2) is 47.1 Å². The predicted molar refractivity (Wildman–Crippen MR) is 66.9 cm³/mol. The molecule has 94 valence electrons. The molecule has 0 aliphatic heterocycles. The Morgan fingerprint density at radius 3 is 2.72 bits per heavy atom. The molecule has 1 amide bonds. The van der Waals surface area contributed by atoms with Crippen LogP contribution in [-0.2, 0) is 11.3 Å². The van der Waals surface area contributed by atoms with Gasteiger partial charge in [0.25, 0.3) is 5.91 Å². The van der Waals surface area contributed by atoms with E-state index >= 15 is 0 Å². The van der Waals surface area contributed by atoms with Crippen LogP contribution < -0.4 is 15.8 Å². The largest absolute Gasteiger partial charge is 0.484 e. The molecule has 0 fully saturated rings. The number of nitrogens with one attached hydrogen (secondary N) is 1. The summed E-state index contributed by atoms with van der Waals surface area (Å²) in [6.45, 7) is 0.321. The summed E-state index contributed by atoms with van der Waals surface area (Å²) < 4.78 is 10.4. The minimum Gasteiger partial charge on any atom is -0.484 e. The Morgan fingerprint density at radius 1 is 1.28 bits per heavy atom. The van der Waals surface area contributed by atoms with Gasteiger partial charge in [0.05, 0.1) is 12.8 Å². The van der Waals surface area contributed by atoms with Crippen molar-refractivity contribution in [2.45, 2.75) is 6.54 Å². The van der Waals surface area contributed by atoms with E-state index < -0.39 is 0 Å². The summed E-state index contributed by atoms with van der Waals surface area (Å²) in [7, 11) is 0. The highest BCUT2D eigenvalue weighted by atomic mass is 16.5. The van der Waals surface area contributed by atoms with Crippen LogP contribution in [0.3, 0.4) is 0 Å². The zero-order chi connectivity index (χ0) is 12.8. The van der Waals surface area contributed by atoms with Crippen LogP contribution in [0.2, 0.25) is 0 Å². The maximum atomic E-state index is 11.5. The van der Waals surface area contributed by atoms with Crippen LogP contribution in [0, 0.1) is 0 Å². The molecule has 5 nitrogen and oxygen atoms in total. The van der Waals surface area contributed by atoms with E-state index in [0.717, 1.165) is 0 Å². The number of carbonyl (C=O) groups excluding carboxylic acids is 1. The van der Waals surface area contributed by atoms with E-state index in [1.54, 1.807) is 42.7 Å². The second kappa shape index (κ2) is 5.77. The first kappa shape index (κ1) is 12.0. The lowest BCUT2D eigenvalue weighted by Gasteiger charge is -2.06. The van der Waals surface area contributed by atoms with E-state index in [0.29, 0.717) is 23.7 Å². The molecule has 0 unspecified atom stereocenters. The maximum Gasteiger partial charge on any atom is 0.258 e. The van der Waals surface area contributed by atoms with Crippen molar-refractivity contribution >= 4 is 11.6 Å². The zero-order valence-electron chi connectivity index (χ0n) is 9.76. The van der Waals surface area contributed by atoms with E-state index in [-0.39, 0.29) is 12.5 Å². The third kappa shape index (κ3) is 3.55. The van der Waals surface area contributed by atoms with E-state index in [1.807, 2.05) is 0 Å². The molecule has 1 aromatic heterocycles. The normalized spacial score (nSPS) is 10.0. The Hall–Kier alpha value is -2.43. The second-order valence-corrected chi connectivity index (χ2v) is 3.71. The van der Waals surface area contributed by atoms with Crippen molar-refractivity contribution < 1.29 is 13.9 Å². The number of rotatable bonds is 5. The highest BCUT2D eigenvalue weighted by Gasteiger charge is 2.03. The predicted octanol–water partition coefficient (Wildman–Crippen LogP) is 1.56. The Bertz CT molecular complexity index is 491. The molecule has 3 N–H and O–H groups in total. The molecule has 18 heavy (non-hydrogen) atoms. The van der Waals surface area contributed by atoms with Crippen LogP contribution in [0.4, 0.5) is 5.69 Å². The Kier molecular flexibility index (Phi) is 3.86. The number of nitrogen functional groups attached to an aromatic ring is 1. The first-order valence-corrected chi connectivity index (χ1v) is 5.51. The number of carbonyl (C=O) groups is 1. The van der Waals surface area contributed by atoms with Gasteiger partial charge >= 0.3 is 0 Å². The van der Waals surface area contributed by atoms with Gasteiger partial charge in [-0.2, -0.15) is 0 Å². The van der Waals surface area contributed by atoms with Crippen molar-refractivity contribution in [3.05, 3.63) is 48.4 Å². The summed E-state index contributed by atoms with van der Waals surface area (Å²) >= 11 is 0. The molecule has 2 aromatic rings. The van der Waals surface area contributed by atoms with Gasteiger partial charge in [0.15, 0.2) is 6.61 Å². The van der Waals surface area contributed by atoms with Gasteiger partial charge in [0.1, 0.15) is 11.5 Å². The molecule has 0 saturated heterocycles. The van der Waals surface area contributed by atoms with E-state index in [9.17, 15) is 4.79 Å². The van der Waals surface area contributed by atoms with Crippen LogP contribution in [0.5, 0.6) is 5.75 Å². The molecule has 0 bridgehead atoms. The molecule has 0 radical (unpaired) electrons. The molecule has 1 aromatic carbocycles. The minimum atomic E-state index is -0.205. The average molecular weight is 246 g/mol. The summed E-state index contributed by atoms with van der Waals surface area (Å²) in [4.78, 5) is 11.5. The third-order valence-corrected chi connectivity index (χ3v) is 2.29. The molecule has 0 spiro atoms. The number of hydrogen-bond donors (Lipinski definition) is 2. The van der Waals surface area contributed by atoms with Crippen LogP contribution in [0.1, 0.15) is 5.76 Å². The second-order valence-electron chi connectivity index (χ2n) is 3.71. The minimum absolute atomic E-state index is 0.0371. The van der Waals surface area contributed by atoms with Gasteiger partial charge in [-0.25, -0.2) is 0 Å². The number of nitrogens with two attached hydrogens (primary N) is 1. The standard InChI is InChI=1S/C13H14N2O3/c14-10-3-5-11(6-4-10)18-9-13(16)15-8-12-2-1-7-17-12/h1-7H,8-9,14H2,(H,15,16). The molecular formula is C13H14N2O3. The first-order chi connectivity index (χ1) is 8.74. The van der Waals surface area contributed by atoms with Gasteiger partial charge in [0.2, 0.25) is 0 Å². The fourth-order valence-corrected chi connectivity index (χ4v) is 1.36. The van der Waals surface area contributed by atoms with Crippen molar-refractivity contribution in [3.8, 4) is 5.75 Å². The van der Waals surface area contributed by atoms with Gasteiger partial charge in [-0.05, 0) is 36.4 Å². The number of amides is 1. The summed E-state index contributed by atoms with van der Waals surface area (Å²) in [5, 5.41) is 2.68. The fourth-order valence-electron chi connectivity index (χ4n) is 1.36. The summed E-state index contributed by atoms with van der Waals surface area (Å²) in [5.74, 6) is 1.11. The number of ether oxygens (including phenoxy) is 1. The van der Waals surface area contributed by atoms with Gasteiger partial charge in [-0.3, -0.25) is 4.79 Å². The molecule has 0 aliphatic carbocycles. The molecule has 1 heterocycles. The number of benzene rings is 1. The zero-order valence-corrected chi connectivity index (χ0v) is 9.76. The summed E-state index contributed by atoms with van der Waals surface area (Å²) in [6, 6.07) is 10.4. The first-order valence-electron chi connectivity index (χ1n) is 5.51. The van der Waals surface area contributed by atoms with Crippen LogP contribution in [0.25, 0.3) is 0 Å². The van der Waals surface area contributed by atoms with Crippen molar-refractivity contribution in [3.63, 3.8) is 0 Å². The lowest BCUT2D eigenvalue weighted by molar-refractivity contribution is -0.123. The van der Waals surface area contributed by atoms with E-state index in [4.69, 9.17) is 14.9 Å². The monoisotopic (exact) mass is 246 g/mol.